The van der Waals surface area contributed by atoms with Crippen molar-refractivity contribution in [3.8, 4) is 0 Å². The van der Waals surface area contributed by atoms with Crippen molar-refractivity contribution in [1.29, 1.82) is 0 Å². The van der Waals surface area contributed by atoms with Crippen LogP contribution in [0.3, 0.4) is 0 Å². The summed E-state index contributed by atoms with van der Waals surface area (Å²) in [7, 11) is -1.97. The Morgan fingerprint density at radius 1 is 1.32 bits per heavy atom. The molecule has 0 atom stereocenters. The molecule has 0 saturated heterocycles. The lowest BCUT2D eigenvalue weighted by molar-refractivity contribution is 0.0697. The van der Waals surface area contributed by atoms with E-state index >= 15 is 0 Å². The Hall–Kier alpha value is -1.44. The number of hydrogen-bond donors (Lipinski definition) is 2. The molecule has 106 valence electrons. The first-order valence-corrected chi connectivity index (χ1v) is 7.34. The number of nitrogens with one attached hydrogen (secondary N) is 1. The van der Waals surface area contributed by atoms with E-state index in [2.05, 4.69) is 4.72 Å². The molecule has 7 heteroatoms. The first-order chi connectivity index (χ1) is 8.86. The van der Waals surface area contributed by atoms with Crippen molar-refractivity contribution in [2.24, 2.45) is 0 Å². The van der Waals surface area contributed by atoms with Gasteiger partial charge in [-0.2, -0.15) is 17.4 Å². The molecule has 0 aliphatic heterocycles. The Bertz CT molecular complexity index is 525. The quantitative estimate of drug-likeness (QED) is 0.784. The molecule has 0 amide bonds. The lowest BCUT2D eigenvalue weighted by Gasteiger charge is -2.16. The topological polar surface area (TPSA) is 86.7 Å². The lowest BCUT2D eigenvalue weighted by atomic mass is 10.1. The minimum absolute atomic E-state index is 0.135. The maximum absolute atomic E-state index is 11.8. The summed E-state index contributed by atoms with van der Waals surface area (Å²) in [6.45, 7) is 2.49. The Labute approximate surface area is 113 Å². The number of rotatable bonds is 7. The fourth-order valence-electron chi connectivity index (χ4n) is 1.48. The van der Waals surface area contributed by atoms with E-state index in [-0.39, 0.29) is 12.1 Å². The van der Waals surface area contributed by atoms with Crippen LogP contribution in [0, 0.1) is 0 Å². The SMILES string of the molecule is CCCN(C)S(=O)(=O)NCc1ccc(C(=O)O)cc1. The molecule has 0 aliphatic rings. The van der Waals surface area contributed by atoms with Crippen molar-refractivity contribution in [3.05, 3.63) is 35.4 Å². The largest absolute Gasteiger partial charge is 0.478 e. The first kappa shape index (κ1) is 15.6. The highest BCUT2D eigenvalue weighted by atomic mass is 32.2. The van der Waals surface area contributed by atoms with Crippen LogP contribution in [-0.2, 0) is 16.8 Å². The van der Waals surface area contributed by atoms with Crippen molar-refractivity contribution in [2.75, 3.05) is 13.6 Å². The normalized spacial score (nSPS) is 11.7. The summed E-state index contributed by atoms with van der Waals surface area (Å²) in [6, 6.07) is 6.07. The lowest BCUT2D eigenvalue weighted by Crippen LogP contribution is -2.38. The van der Waals surface area contributed by atoms with Crippen molar-refractivity contribution in [2.45, 2.75) is 19.9 Å². The van der Waals surface area contributed by atoms with E-state index in [1.54, 1.807) is 12.1 Å². The van der Waals surface area contributed by atoms with Crippen LogP contribution in [0.1, 0.15) is 29.3 Å². The fourth-order valence-corrected chi connectivity index (χ4v) is 2.48. The van der Waals surface area contributed by atoms with Crippen LogP contribution < -0.4 is 4.72 Å². The number of carbonyl (C=O) groups is 1. The van der Waals surface area contributed by atoms with E-state index in [1.807, 2.05) is 6.92 Å². The second kappa shape index (κ2) is 6.65. The molecular formula is C12H18N2O4S. The molecule has 1 rings (SSSR count). The third kappa shape index (κ3) is 4.62. The standard InChI is InChI=1S/C12H18N2O4S/c1-3-8-14(2)19(17,18)13-9-10-4-6-11(7-5-10)12(15)16/h4-7,13H,3,8-9H2,1-2H3,(H,15,16). The van der Waals surface area contributed by atoms with Crippen molar-refractivity contribution >= 4 is 16.2 Å². The molecular weight excluding hydrogens is 268 g/mol. The van der Waals surface area contributed by atoms with Crippen LogP contribution in [-0.4, -0.2) is 37.4 Å². The maximum Gasteiger partial charge on any atom is 0.335 e. The van der Waals surface area contributed by atoms with Gasteiger partial charge in [-0.3, -0.25) is 0 Å². The Kier molecular flexibility index (Phi) is 5.46. The molecule has 1 aromatic carbocycles. The average Bonchev–Trinajstić information content (AvgIpc) is 2.37. The van der Waals surface area contributed by atoms with Gasteiger partial charge in [0.1, 0.15) is 0 Å². The van der Waals surface area contributed by atoms with Crippen LogP contribution >= 0.6 is 0 Å². The molecule has 0 unspecified atom stereocenters. The van der Waals surface area contributed by atoms with Gasteiger partial charge in [-0.05, 0) is 24.1 Å². The van der Waals surface area contributed by atoms with Gasteiger partial charge in [-0.15, -0.1) is 0 Å². The average molecular weight is 286 g/mol. The minimum Gasteiger partial charge on any atom is -0.478 e. The second-order valence-corrected chi connectivity index (χ2v) is 6.01. The molecule has 0 saturated carbocycles. The number of aromatic carboxylic acids is 1. The summed E-state index contributed by atoms with van der Waals surface area (Å²) >= 11 is 0. The van der Waals surface area contributed by atoms with Gasteiger partial charge in [-0.1, -0.05) is 19.1 Å². The maximum atomic E-state index is 11.8. The number of carboxylic acids is 1. The predicted octanol–water partition coefficient (Wildman–Crippen LogP) is 1.06. The molecule has 0 aromatic heterocycles. The van der Waals surface area contributed by atoms with Gasteiger partial charge >= 0.3 is 5.97 Å². The third-order valence-corrected chi connectivity index (χ3v) is 4.12. The molecule has 0 radical (unpaired) electrons. The smallest absolute Gasteiger partial charge is 0.335 e. The molecule has 0 bridgehead atoms. The van der Waals surface area contributed by atoms with Crippen LogP contribution in [0.25, 0.3) is 0 Å². The van der Waals surface area contributed by atoms with E-state index in [0.29, 0.717) is 12.1 Å². The second-order valence-electron chi connectivity index (χ2n) is 4.15. The molecule has 0 fully saturated rings. The molecule has 0 heterocycles. The first-order valence-electron chi connectivity index (χ1n) is 5.90. The number of hydrogen-bond acceptors (Lipinski definition) is 3. The zero-order valence-electron chi connectivity index (χ0n) is 11.0. The Balaban J connectivity index is 2.64. The predicted molar refractivity (Wildman–Crippen MR) is 72.1 cm³/mol. The molecule has 6 nitrogen and oxygen atoms in total. The Morgan fingerprint density at radius 2 is 1.89 bits per heavy atom. The van der Waals surface area contributed by atoms with Crippen LogP contribution in [0.15, 0.2) is 24.3 Å². The van der Waals surface area contributed by atoms with Crippen LogP contribution in [0.4, 0.5) is 0 Å². The van der Waals surface area contributed by atoms with Gasteiger partial charge in [0, 0.05) is 20.1 Å². The van der Waals surface area contributed by atoms with E-state index in [0.717, 1.165) is 6.42 Å². The van der Waals surface area contributed by atoms with Gasteiger partial charge in [0.25, 0.3) is 10.2 Å². The zero-order valence-corrected chi connectivity index (χ0v) is 11.8. The van der Waals surface area contributed by atoms with Crippen molar-refractivity contribution < 1.29 is 18.3 Å². The molecule has 1 aromatic rings. The van der Waals surface area contributed by atoms with E-state index in [4.69, 9.17) is 5.11 Å². The monoisotopic (exact) mass is 286 g/mol. The summed E-state index contributed by atoms with van der Waals surface area (Å²) in [5.41, 5.74) is 0.883. The number of benzene rings is 1. The Morgan fingerprint density at radius 3 is 2.37 bits per heavy atom. The van der Waals surface area contributed by atoms with Gasteiger partial charge < -0.3 is 5.11 Å². The molecule has 0 spiro atoms. The highest BCUT2D eigenvalue weighted by Gasteiger charge is 2.15. The summed E-state index contributed by atoms with van der Waals surface area (Å²) in [5, 5.41) is 8.75. The fraction of sp³-hybridized carbons (Fsp3) is 0.417. The van der Waals surface area contributed by atoms with Crippen molar-refractivity contribution in [1.82, 2.24) is 9.03 Å². The third-order valence-electron chi connectivity index (χ3n) is 2.61. The number of carboxylic acid groups (broad SMARTS) is 1. The van der Waals surface area contributed by atoms with E-state index in [1.165, 1.54) is 23.5 Å². The minimum atomic E-state index is -3.48. The van der Waals surface area contributed by atoms with Gasteiger partial charge in [0.15, 0.2) is 0 Å². The molecule has 19 heavy (non-hydrogen) atoms. The van der Waals surface area contributed by atoms with Crippen LogP contribution in [0.2, 0.25) is 0 Å². The van der Waals surface area contributed by atoms with Gasteiger partial charge in [-0.25, -0.2) is 4.79 Å². The van der Waals surface area contributed by atoms with E-state index in [9.17, 15) is 13.2 Å². The summed E-state index contributed by atoms with van der Waals surface area (Å²) < 4.78 is 27.3. The van der Waals surface area contributed by atoms with Gasteiger partial charge in [0.05, 0.1) is 5.56 Å². The highest BCUT2D eigenvalue weighted by molar-refractivity contribution is 7.87. The number of nitrogens with zero attached hydrogens (tertiary/aromatic N) is 1. The highest BCUT2D eigenvalue weighted by Crippen LogP contribution is 2.05. The van der Waals surface area contributed by atoms with Crippen LogP contribution in [0.5, 0.6) is 0 Å². The molecule has 2 N–H and O–H groups in total. The van der Waals surface area contributed by atoms with Gasteiger partial charge in [0.2, 0.25) is 0 Å². The summed E-state index contributed by atoms with van der Waals surface area (Å²) in [5.74, 6) is -1.00. The van der Waals surface area contributed by atoms with E-state index < -0.39 is 16.2 Å². The zero-order chi connectivity index (χ0) is 14.5. The summed E-state index contributed by atoms with van der Waals surface area (Å²) in [6.07, 6.45) is 0.741. The molecule has 0 aliphatic carbocycles. The summed E-state index contributed by atoms with van der Waals surface area (Å²) in [4.78, 5) is 10.7. The van der Waals surface area contributed by atoms with Crippen molar-refractivity contribution in [3.63, 3.8) is 0 Å².